The molecule has 0 amide bonds. The van der Waals surface area contributed by atoms with Gasteiger partial charge in [-0.2, -0.15) is 13.2 Å². The smallest absolute Gasteiger partial charge is 0.433 e. The molecule has 4 aromatic rings. The molecule has 0 aliphatic carbocycles. The molecule has 0 bridgehead atoms. The van der Waals surface area contributed by atoms with Gasteiger partial charge in [-0.15, -0.1) is 5.10 Å². The number of hydrogen-bond acceptors (Lipinski definition) is 5. The predicted molar refractivity (Wildman–Crippen MR) is 117 cm³/mol. The summed E-state index contributed by atoms with van der Waals surface area (Å²) in [6, 6.07) is 14.5. The van der Waals surface area contributed by atoms with Crippen LogP contribution in [-0.2, 0) is 19.1 Å². The monoisotopic (exact) mass is 470 g/mol. The topological polar surface area (TPSA) is 110 Å². The summed E-state index contributed by atoms with van der Waals surface area (Å²) in [6.07, 6.45) is -3.26. The number of aromatic carboxylic acids is 1. The number of benzene rings is 2. The zero-order valence-electron chi connectivity index (χ0n) is 18.2. The number of rotatable bonds is 8. The van der Waals surface area contributed by atoms with Crippen LogP contribution in [0.1, 0.15) is 47.3 Å². The number of tetrazole rings is 1. The number of halogens is 3. The second-order valence-electron chi connectivity index (χ2n) is 7.71. The minimum absolute atomic E-state index is 0.110. The Hall–Kier alpha value is -4.02. The van der Waals surface area contributed by atoms with Crippen LogP contribution in [0.5, 0.6) is 0 Å². The lowest BCUT2D eigenvalue weighted by Gasteiger charge is -2.15. The van der Waals surface area contributed by atoms with Gasteiger partial charge in [-0.05, 0) is 33.5 Å². The van der Waals surface area contributed by atoms with Crippen molar-refractivity contribution in [2.24, 2.45) is 0 Å². The highest BCUT2D eigenvalue weighted by Crippen LogP contribution is 2.34. The molecular formula is C23H21F3N6O2. The fraction of sp³-hybridized carbons (Fsp3) is 0.261. The Morgan fingerprint density at radius 2 is 1.79 bits per heavy atom. The standard InChI is InChI=1S/C23H21F3N6O2/c1-2-3-8-18-27-19(22(33)34)20(23(24,25)26)32(18)13-14-9-11-15(12-10-14)16-6-4-5-7-17(16)21-28-30-31-29-21/h4-7,9-12H,2-3,8,13H2,1H3,(H,33,34)(H,28,29,30,31). The maximum atomic E-state index is 13.8. The number of nitrogens with zero attached hydrogens (tertiary/aromatic N) is 5. The van der Waals surface area contributed by atoms with Crippen LogP contribution in [0.3, 0.4) is 0 Å². The molecule has 0 atom stereocenters. The normalized spacial score (nSPS) is 11.6. The molecule has 0 radical (unpaired) electrons. The summed E-state index contributed by atoms with van der Waals surface area (Å²) in [7, 11) is 0. The zero-order chi connectivity index (χ0) is 24.3. The van der Waals surface area contributed by atoms with Crippen molar-refractivity contribution in [2.75, 3.05) is 0 Å². The SMILES string of the molecule is CCCCc1nc(C(=O)O)c(C(F)(F)F)n1Cc1ccc(-c2ccccc2-c2nnn[nH]2)cc1. The van der Waals surface area contributed by atoms with Gasteiger partial charge in [0.05, 0.1) is 0 Å². The van der Waals surface area contributed by atoms with Crippen LogP contribution in [0.25, 0.3) is 22.5 Å². The van der Waals surface area contributed by atoms with E-state index >= 15 is 0 Å². The van der Waals surface area contributed by atoms with Crippen molar-refractivity contribution in [2.45, 2.75) is 38.9 Å². The molecule has 34 heavy (non-hydrogen) atoms. The number of aromatic amines is 1. The maximum absolute atomic E-state index is 13.8. The van der Waals surface area contributed by atoms with Crippen molar-refractivity contribution in [3.8, 4) is 22.5 Å². The number of H-pyrrole nitrogens is 1. The Kier molecular flexibility index (Phi) is 6.44. The average molecular weight is 470 g/mol. The van der Waals surface area contributed by atoms with E-state index in [0.29, 0.717) is 17.8 Å². The first kappa shape index (κ1) is 23.1. The molecule has 0 aliphatic rings. The second kappa shape index (κ2) is 9.46. The van der Waals surface area contributed by atoms with Gasteiger partial charge >= 0.3 is 12.1 Å². The van der Waals surface area contributed by atoms with Gasteiger partial charge < -0.3 is 9.67 Å². The Morgan fingerprint density at radius 1 is 1.09 bits per heavy atom. The molecule has 0 aliphatic heterocycles. The van der Waals surface area contributed by atoms with E-state index in [0.717, 1.165) is 27.7 Å². The highest BCUT2D eigenvalue weighted by atomic mass is 19.4. The minimum Gasteiger partial charge on any atom is -0.476 e. The molecule has 0 saturated carbocycles. The first-order chi connectivity index (χ1) is 16.3. The number of aryl methyl sites for hydroxylation is 1. The Balaban J connectivity index is 1.70. The Morgan fingerprint density at radius 3 is 2.38 bits per heavy atom. The van der Waals surface area contributed by atoms with E-state index in [2.05, 4.69) is 25.6 Å². The number of alkyl halides is 3. The third-order valence-electron chi connectivity index (χ3n) is 5.40. The molecule has 2 heterocycles. The Labute approximate surface area is 192 Å². The average Bonchev–Trinajstić information content (AvgIpc) is 3.47. The van der Waals surface area contributed by atoms with Gasteiger partial charge in [0.25, 0.3) is 0 Å². The number of carboxylic acid groups (broad SMARTS) is 1. The predicted octanol–water partition coefficient (Wildman–Crippen LogP) is 4.84. The summed E-state index contributed by atoms with van der Waals surface area (Å²) in [5, 5.41) is 23.2. The van der Waals surface area contributed by atoms with Crippen LogP contribution in [0.2, 0.25) is 0 Å². The summed E-state index contributed by atoms with van der Waals surface area (Å²) in [5.74, 6) is -1.09. The second-order valence-corrected chi connectivity index (χ2v) is 7.71. The lowest BCUT2D eigenvalue weighted by Crippen LogP contribution is -2.19. The molecular weight excluding hydrogens is 449 g/mol. The fourth-order valence-electron chi connectivity index (χ4n) is 3.82. The quantitative estimate of drug-likeness (QED) is 0.381. The number of aromatic nitrogens is 6. The maximum Gasteiger partial charge on any atom is 0.433 e. The molecule has 0 fully saturated rings. The van der Waals surface area contributed by atoms with Gasteiger partial charge in [0, 0.05) is 18.5 Å². The van der Waals surface area contributed by atoms with Crippen molar-refractivity contribution in [1.82, 2.24) is 30.2 Å². The summed E-state index contributed by atoms with van der Waals surface area (Å²) in [4.78, 5) is 15.3. The van der Waals surface area contributed by atoms with E-state index in [4.69, 9.17) is 0 Å². The van der Waals surface area contributed by atoms with Crippen LogP contribution < -0.4 is 0 Å². The summed E-state index contributed by atoms with van der Waals surface area (Å²) >= 11 is 0. The van der Waals surface area contributed by atoms with Crippen molar-refractivity contribution < 1.29 is 23.1 Å². The highest BCUT2D eigenvalue weighted by molar-refractivity contribution is 5.87. The van der Waals surface area contributed by atoms with E-state index < -0.39 is 23.5 Å². The van der Waals surface area contributed by atoms with Crippen molar-refractivity contribution >= 4 is 5.97 Å². The highest BCUT2D eigenvalue weighted by Gasteiger charge is 2.41. The van der Waals surface area contributed by atoms with Crippen molar-refractivity contribution in [1.29, 1.82) is 0 Å². The van der Waals surface area contributed by atoms with Crippen molar-refractivity contribution in [3.63, 3.8) is 0 Å². The van der Waals surface area contributed by atoms with Gasteiger partial charge in [-0.3, -0.25) is 0 Å². The van der Waals surface area contributed by atoms with Crippen LogP contribution in [0.15, 0.2) is 48.5 Å². The van der Waals surface area contributed by atoms with E-state index in [1.165, 1.54) is 0 Å². The van der Waals surface area contributed by atoms with E-state index in [1.807, 2.05) is 31.2 Å². The van der Waals surface area contributed by atoms with Crippen LogP contribution >= 0.6 is 0 Å². The largest absolute Gasteiger partial charge is 0.476 e. The number of carbonyl (C=O) groups is 1. The zero-order valence-corrected chi connectivity index (χ0v) is 18.2. The lowest BCUT2D eigenvalue weighted by atomic mass is 9.98. The number of imidazole rings is 1. The molecule has 4 rings (SSSR count). The Bertz CT molecular complexity index is 1280. The molecule has 0 saturated heterocycles. The number of carboxylic acids is 1. The molecule has 8 nitrogen and oxygen atoms in total. The summed E-state index contributed by atoms with van der Waals surface area (Å²) in [6.45, 7) is 1.75. The minimum atomic E-state index is -4.85. The summed E-state index contributed by atoms with van der Waals surface area (Å²) < 4.78 is 42.5. The molecule has 2 aromatic heterocycles. The van der Waals surface area contributed by atoms with Crippen LogP contribution in [0.4, 0.5) is 13.2 Å². The first-order valence-corrected chi connectivity index (χ1v) is 10.6. The molecule has 0 spiro atoms. The van der Waals surface area contributed by atoms with Gasteiger partial charge in [-0.1, -0.05) is 61.9 Å². The lowest BCUT2D eigenvalue weighted by molar-refractivity contribution is -0.144. The molecule has 2 N–H and O–H groups in total. The first-order valence-electron chi connectivity index (χ1n) is 10.6. The van der Waals surface area contributed by atoms with Crippen molar-refractivity contribution in [3.05, 3.63) is 71.3 Å². The van der Waals surface area contributed by atoms with Gasteiger partial charge in [0.2, 0.25) is 0 Å². The summed E-state index contributed by atoms with van der Waals surface area (Å²) in [5.41, 5.74) is 0.836. The fourth-order valence-corrected chi connectivity index (χ4v) is 3.82. The van der Waals surface area contributed by atoms with Crippen LogP contribution in [-0.4, -0.2) is 41.3 Å². The number of unbranched alkanes of at least 4 members (excludes halogenated alkanes) is 1. The van der Waals surface area contributed by atoms with Gasteiger partial charge in [-0.25, -0.2) is 14.9 Å². The number of hydrogen-bond donors (Lipinski definition) is 2. The molecule has 11 heteroatoms. The van der Waals surface area contributed by atoms with E-state index in [9.17, 15) is 23.1 Å². The molecule has 0 unspecified atom stereocenters. The van der Waals surface area contributed by atoms with Gasteiger partial charge in [0.1, 0.15) is 5.82 Å². The van der Waals surface area contributed by atoms with Crippen LogP contribution in [0, 0.1) is 0 Å². The van der Waals surface area contributed by atoms with E-state index in [1.54, 1.807) is 24.3 Å². The molecule has 2 aromatic carbocycles. The third kappa shape index (κ3) is 4.68. The number of nitrogens with one attached hydrogen (secondary N) is 1. The third-order valence-corrected chi connectivity index (χ3v) is 5.40. The van der Waals surface area contributed by atoms with E-state index in [-0.39, 0.29) is 18.8 Å². The van der Waals surface area contributed by atoms with Gasteiger partial charge in [0.15, 0.2) is 17.2 Å². The molecule has 176 valence electrons.